The number of aliphatic hydroxyl groups is 1. The number of unbranched alkanes of at least 4 members (excludes halogenated alkanes) is 1. The summed E-state index contributed by atoms with van der Waals surface area (Å²) >= 11 is 0. The first-order valence-electron chi connectivity index (χ1n) is 6.58. The molecule has 2 nitrogen and oxygen atoms in total. The van der Waals surface area contributed by atoms with Gasteiger partial charge < -0.3 is 5.11 Å². The van der Waals surface area contributed by atoms with Gasteiger partial charge in [-0.2, -0.15) is 0 Å². The normalized spacial score (nSPS) is 24.0. The zero-order chi connectivity index (χ0) is 11.3. The number of likely N-dealkylation sites (tertiary alicyclic amines) is 1. The van der Waals surface area contributed by atoms with Crippen LogP contribution in [-0.4, -0.2) is 34.7 Å². The van der Waals surface area contributed by atoms with Crippen molar-refractivity contribution in [1.29, 1.82) is 0 Å². The minimum absolute atomic E-state index is 0.0195. The van der Waals surface area contributed by atoms with Crippen molar-refractivity contribution in [2.75, 3.05) is 13.1 Å². The summed E-state index contributed by atoms with van der Waals surface area (Å²) in [5, 5.41) is 10.3. The first kappa shape index (κ1) is 13.0. The molecule has 2 atom stereocenters. The Labute approximate surface area is 94.7 Å². The molecule has 0 amide bonds. The molecule has 1 saturated heterocycles. The minimum Gasteiger partial charge on any atom is -0.391 e. The van der Waals surface area contributed by atoms with Crippen molar-refractivity contribution < 1.29 is 5.11 Å². The maximum atomic E-state index is 10.3. The molecule has 1 fully saturated rings. The maximum Gasteiger partial charge on any atom is 0.0721 e. The van der Waals surface area contributed by atoms with E-state index in [0.717, 1.165) is 19.3 Å². The van der Waals surface area contributed by atoms with Gasteiger partial charge >= 0.3 is 0 Å². The molecule has 15 heavy (non-hydrogen) atoms. The largest absolute Gasteiger partial charge is 0.391 e. The summed E-state index contributed by atoms with van der Waals surface area (Å²) in [7, 11) is 0. The number of rotatable bonds is 6. The highest BCUT2D eigenvalue weighted by Gasteiger charge is 2.37. The van der Waals surface area contributed by atoms with E-state index >= 15 is 0 Å². The number of nitrogens with zero attached hydrogens (tertiary/aromatic N) is 1. The molecular weight excluding hydrogens is 186 g/mol. The average molecular weight is 213 g/mol. The van der Waals surface area contributed by atoms with E-state index in [1.165, 1.54) is 32.4 Å². The molecule has 1 N–H and O–H groups in total. The second-order valence-electron chi connectivity index (χ2n) is 5.06. The molecule has 0 bridgehead atoms. The fraction of sp³-hybridized carbons (Fsp3) is 1.00. The van der Waals surface area contributed by atoms with E-state index in [0.29, 0.717) is 0 Å². The van der Waals surface area contributed by atoms with Crippen LogP contribution in [0.25, 0.3) is 0 Å². The van der Waals surface area contributed by atoms with Crippen LogP contribution in [0, 0.1) is 0 Å². The lowest BCUT2D eigenvalue weighted by molar-refractivity contribution is -0.0176. The van der Waals surface area contributed by atoms with Crippen molar-refractivity contribution in [3.63, 3.8) is 0 Å². The molecule has 1 aliphatic heterocycles. The van der Waals surface area contributed by atoms with Gasteiger partial charge in [0.2, 0.25) is 0 Å². The molecule has 1 aliphatic rings. The van der Waals surface area contributed by atoms with Crippen LogP contribution >= 0.6 is 0 Å². The third-order valence-corrected chi connectivity index (χ3v) is 4.09. The van der Waals surface area contributed by atoms with Crippen LogP contribution in [0.5, 0.6) is 0 Å². The Hall–Kier alpha value is -0.0800. The van der Waals surface area contributed by atoms with E-state index < -0.39 is 0 Å². The second-order valence-corrected chi connectivity index (χ2v) is 5.06. The highest BCUT2D eigenvalue weighted by molar-refractivity contribution is 4.93. The molecule has 0 aromatic carbocycles. The maximum absolute atomic E-state index is 10.3. The molecule has 2 heteroatoms. The lowest BCUT2D eigenvalue weighted by atomic mass is 9.87. The van der Waals surface area contributed by atoms with E-state index in [-0.39, 0.29) is 11.6 Å². The van der Waals surface area contributed by atoms with Crippen molar-refractivity contribution in [1.82, 2.24) is 4.90 Å². The first-order chi connectivity index (χ1) is 7.15. The predicted octanol–water partition coefficient (Wildman–Crippen LogP) is 2.80. The summed E-state index contributed by atoms with van der Waals surface area (Å²) in [5.74, 6) is 0. The van der Waals surface area contributed by atoms with Gasteiger partial charge in [-0.05, 0) is 45.7 Å². The molecule has 0 aromatic rings. The third-order valence-electron chi connectivity index (χ3n) is 4.09. The Morgan fingerprint density at radius 2 is 1.87 bits per heavy atom. The van der Waals surface area contributed by atoms with Gasteiger partial charge in [0.25, 0.3) is 0 Å². The zero-order valence-electron chi connectivity index (χ0n) is 10.6. The van der Waals surface area contributed by atoms with Crippen molar-refractivity contribution in [3.05, 3.63) is 0 Å². The molecular formula is C13H27NO. The van der Waals surface area contributed by atoms with E-state index in [1.54, 1.807) is 0 Å². The van der Waals surface area contributed by atoms with Gasteiger partial charge in [0.15, 0.2) is 0 Å². The molecule has 0 spiro atoms. The van der Waals surface area contributed by atoms with Crippen LogP contribution in [0.1, 0.15) is 59.3 Å². The monoisotopic (exact) mass is 213 g/mol. The molecule has 0 aromatic heterocycles. The summed E-state index contributed by atoms with van der Waals surface area (Å²) in [6.45, 7) is 8.97. The third kappa shape index (κ3) is 2.94. The van der Waals surface area contributed by atoms with E-state index in [9.17, 15) is 5.11 Å². The van der Waals surface area contributed by atoms with E-state index in [4.69, 9.17) is 0 Å². The van der Waals surface area contributed by atoms with Gasteiger partial charge in [-0.15, -0.1) is 0 Å². The van der Waals surface area contributed by atoms with Gasteiger partial charge in [0.1, 0.15) is 0 Å². The minimum atomic E-state index is -0.152. The van der Waals surface area contributed by atoms with Crippen LogP contribution in [0.15, 0.2) is 0 Å². The van der Waals surface area contributed by atoms with Crippen LogP contribution in [-0.2, 0) is 0 Å². The lowest BCUT2D eigenvalue weighted by Gasteiger charge is -2.42. The van der Waals surface area contributed by atoms with Crippen LogP contribution < -0.4 is 0 Å². The Balaban J connectivity index is 2.56. The fourth-order valence-electron chi connectivity index (χ4n) is 2.61. The summed E-state index contributed by atoms with van der Waals surface area (Å²) in [5.41, 5.74) is 0.0195. The Kier molecular flexibility index (Phi) is 5.07. The second kappa shape index (κ2) is 5.86. The highest BCUT2D eigenvalue weighted by Crippen LogP contribution is 2.30. The molecule has 0 aliphatic carbocycles. The predicted molar refractivity (Wildman–Crippen MR) is 65.0 cm³/mol. The van der Waals surface area contributed by atoms with Gasteiger partial charge in [0.05, 0.1) is 6.10 Å². The van der Waals surface area contributed by atoms with E-state index in [2.05, 4.69) is 25.7 Å². The number of hydrogen-bond donors (Lipinski definition) is 1. The molecule has 1 rings (SSSR count). The number of aliphatic hydroxyl groups excluding tert-OH is 1. The molecule has 0 saturated carbocycles. The van der Waals surface area contributed by atoms with Gasteiger partial charge in [-0.3, -0.25) is 4.90 Å². The van der Waals surface area contributed by atoms with Gasteiger partial charge in [0, 0.05) is 5.54 Å². The lowest BCUT2D eigenvalue weighted by Crippen LogP contribution is -2.53. The molecule has 90 valence electrons. The Morgan fingerprint density at radius 3 is 2.33 bits per heavy atom. The quantitative estimate of drug-likeness (QED) is 0.733. The average Bonchev–Trinajstić information content (AvgIpc) is 2.78. The van der Waals surface area contributed by atoms with Crippen LogP contribution in [0.3, 0.4) is 0 Å². The van der Waals surface area contributed by atoms with Crippen molar-refractivity contribution in [3.8, 4) is 0 Å². The van der Waals surface area contributed by atoms with Crippen LogP contribution in [0.2, 0.25) is 0 Å². The van der Waals surface area contributed by atoms with Crippen LogP contribution in [0.4, 0.5) is 0 Å². The SMILES string of the molecule is CCCCC(O)C(C)(CC)N1CCCC1. The number of hydrogen-bond acceptors (Lipinski definition) is 2. The molecule has 1 heterocycles. The zero-order valence-corrected chi connectivity index (χ0v) is 10.6. The van der Waals surface area contributed by atoms with Crippen molar-refractivity contribution >= 4 is 0 Å². The van der Waals surface area contributed by atoms with Gasteiger partial charge in [-0.1, -0.05) is 26.7 Å². The van der Waals surface area contributed by atoms with Crippen molar-refractivity contribution in [2.45, 2.75) is 70.9 Å². The summed E-state index contributed by atoms with van der Waals surface area (Å²) in [6, 6.07) is 0. The fourth-order valence-corrected chi connectivity index (χ4v) is 2.61. The summed E-state index contributed by atoms with van der Waals surface area (Å²) in [4.78, 5) is 2.49. The molecule has 0 radical (unpaired) electrons. The topological polar surface area (TPSA) is 23.5 Å². The smallest absolute Gasteiger partial charge is 0.0721 e. The first-order valence-corrected chi connectivity index (χ1v) is 6.58. The van der Waals surface area contributed by atoms with Gasteiger partial charge in [-0.25, -0.2) is 0 Å². The van der Waals surface area contributed by atoms with E-state index in [1.807, 2.05) is 0 Å². The Morgan fingerprint density at radius 1 is 1.27 bits per heavy atom. The van der Waals surface area contributed by atoms with Crippen molar-refractivity contribution in [2.24, 2.45) is 0 Å². The summed E-state index contributed by atoms with van der Waals surface area (Å²) in [6.07, 6.45) is 6.78. The highest BCUT2D eigenvalue weighted by atomic mass is 16.3. The Bertz CT molecular complexity index is 177. The molecule has 2 unspecified atom stereocenters. The standard InChI is InChI=1S/C13H27NO/c1-4-6-9-12(15)13(3,5-2)14-10-7-8-11-14/h12,15H,4-11H2,1-3H3. The summed E-state index contributed by atoms with van der Waals surface area (Å²) < 4.78 is 0.